The number of benzene rings is 1. The molecule has 66 valence electrons. The Kier molecular flexibility index (Phi) is 2.13. The van der Waals surface area contributed by atoms with Gasteiger partial charge in [0.15, 0.2) is 0 Å². The van der Waals surface area contributed by atoms with E-state index in [1.54, 1.807) is 0 Å². The molecule has 0 atom stereocenters. The fourth-order valence-corrected chi connectivity index (χ4v) is 2.00. The summed E-state index contributed by atoms with van der Waals surface area (Å²) >= 11 is 3.40. The van der Waals surface area contributed by atoms with Crippen molar-refractivity contribution in [2.24, 2.45) is 0 Å². The molecule has 0 unspecified atom stereocenters. The van der Waals surface area contributed by atoms with Crippen molar-refractivity contribution in [3.8, 4) is 0 Å². The lowest BCUT2D eigenvalue weighted by molar-refractivity contribution is 0.310. The summed E-state index contributed by atoms with van der Waals surface area (Å²) in [7, 11) is 0. The molecule has 0 saturated heterocycles. The second-order valence-electron chi connectivity index (χ2n) is 3.50. The van der Waals surface area contributed by atoms with Crippen LogP contribution in [0, 0.1) is 6.57 Å². The Balaban J connectivity index is 2.35. The number of hydrogen-bond acceptors (Lipinski definition) is 0. The molecule has 0 N–H and O–H groups in total. The highest BCUT2D eigenvalue weighted by atomic mass is 79.9. The first-order valence-corrected chi connectivity index (χ1v) is 5.21. The number of hydrogen-bond donors (Lipinski definition) is 0. The van der Waals surface area contributed by atoms with Crippen LogP contribution in [0.4, 0.5) is 0 Å². The van der Waals surface area contributed by atoms with Gasteiger partial charge >= 0.3 is 0 Å². The van der Waals surface area contributed by atoms with Crippen LogP contribution in [-0.4, -0.2) is 0 Å². The summed E-state index contributed by atoms with van der Waals surface area (Å²) in [5.74, 6) is 0. The van der Waals surface area contributed by atoms with Crippen molar-refractivity contribution < 1.29 is 0 Å². The van der Waals surface area contributed by atoms with Crippen LogP contribution in [0.3, 0.4) is 0 Å². The first-order chi connectivity index (χ1) is 6.27. The molecule has 1 aliphatic carbocycles. The molecule has 2 heteroatoms. The molecule has 1 aliphatic rings. The monoisotopic (exact) mass is 235 g/mol. The van der Waals surface area contributed by atoms with E-state index >= 15 is 0 Å². The van der Waals surface area contributed by atoms with Gasteiger partial charge in [-0.3, -0.25) is 0 Å². The Bertz CT molecular complexity index is 343. The van der Waals surface area contributed by atoms with Crippen molar-refractivity contribution in [2.45, 2.75) is 24.8 Å². The number of nitrogens with zero attached hydrogens (tertiary/aromatic N) is 1. The van der Waals surface area contributed by atoms with E-state index in [9.17, 15) is 0 Å². The van der Waals surface area contributed by atoms with Crippen molar-refractivity contribution in [3.63, 3.8) is 0 Å². The van der Waals surface area contributed by atoms with Crippen molar-refractivity contribution >= 4 is 15.9 Å². The SMILES string of the molecule is [C-]#[N+]C1(c2ccc(Br)cc2)CCC1. The third-order valence-corrected chi connectivity index (χ3v) is 3.30. The van der Waals surface area contributed by atoms with Gasteiger partial charge in [0, 0.05) is 22.9 Å². The van der Waals surface area contributed by atoms with E-state index in [1.807, 2.05) is 12.1 Å². The van der Waals surface area contributed by atoms with Crippen LogP contribution in [-0.2, 0) is 5.54 Å². The Hall–Kier alpha value is -0.810. The lowest BCUT2D eigenvalue weighted by Crippen LogP contribution is -2.30. The van der Waals surface area contributed by atoms with Gasteiger partial charge in [0.05, 0.1) is 0 Å². The third kappa shape index (κ3) is 1.38. The molecule has 13 heavy (non-hydrogen) atoms. The van der Waals surface area contributed by atoms with Crippen LogP contribution < -0.4 is 0 Å². The maximum atomic E-state index is 7.21. The minimum atomic E-state index is -0.180. The number of rotatable bonds is 1. The van der Waals surface area contributed by atoms with Gasteiger partial charge in [0.25, 0.3) is 5.54 Å². The molecule has 1 saturated carbocycles. The predicted octanol–water partition coefficient (Wildman–Crippen LogP) is 3.75. The zero-order valence-electron chi connectivity index (χ0n) is 7.26. The topological polar surface area (TPSA) is 4.36 Å². The van der Waals surface area contributed by atoms with Crippen LogP contribution in [0.15, 0.2) is 28.7 Å². The molecule has 0 spiro atoms. The van der Waals surface area contributed by atoms with Gasteiger partial charge in [-0.2, -0.15) is 0 Å². The van der Waals surface area contributed by atoms with Gasteiger partial charge in [-0.25, -0.2) is 6.57 Å². The largest absolute Gasteiger partial charge is 0.305 e. The van der Waals surface area contributed by atoms with Gasteiger partial charge in [0.2, 0.25) is 0 Å². The molecule has 1 aromatic rings. The molecule has 0 heterocycles. The van der Waals surface area contributed by atoms with Gasteiger partial charge in [0.1, 0.15) is 0 Å². The van der Waals surface area contributed by atoms with E-state index in [2.05, 4.69) is 32.9 Å². The fraction of sp³-hybridized carbons (Fsp3) is 0.364. The van der Waals surface area contributed by atoms with Crippen molar-refractivity contribution in [2.75, 3.05) is 0 Å². The molecule has 1 fully saturated rings. The number of halogens is 1. The first kappa shape index (κ1) is 8.77. The van der Waals surface area contributed by atoms with Crippen LogP contribution in [0.5, 0.6) is 0 Å². The molecule has 0 aliphatic heterocycles. The first-order valence-electron chi connectivity index (χ1n) is 4.41. The molecule has 2 rings (SSSR count). The van der Waals surface area contributed by atoms with Gasteiger partial charge < -0.3 is 4.85 Å². The van der Waals surface area contributed by atoms with Crippen molar-refractivity contribution in [1.82, 2.24) is 0 Å². The Morgan fingerprint density at radius 1 is 1.23 bits per heavy atom. The van der Waals surface area contributed by atoms with Crippen LogP contribution in [0.25, 0.3) is 4.85 Å². The van der Waals surface area contributed by atoms with Crippen molar-refractivity contribution in [3.05, 3.63) is 45.7 Å². The lowest BCUT2D eigenvalue weighted by atomic mass is 9.72. The minimum absolute atomic E-state index is 0.180. The molecule has 1 aromatic carbocycles. The smallest absolute Gasteiger partial charge is 0.257 e. The van der Waals surface area contributed by atoms with Gasteiger partial charge in [-0.05, 0) is 30.7 Å². The highest BCUT2D eigenvalue weighted by Crippen LogP contribution is 2.45. The Morgan fingerprint density at radius 3 is 2.23 bits per heavy atom. The maximum absolute atomic E-state index is 7.21. The van der Waals surface area contributed by atoms with E-state index < -0.39 is 0 Å². The highest BCUT2D eigenvalue weighted by molar-refractivity contribution is 9.10. The Labute approximate surface area is 86.7 Å². The Morgan fingerprint density at radius 2 is 1.85 bits per heavy atom. The average Bonchev–Trinajstić information content (AvgIpc) is 2.07. The van der Waals surface area contributed by atoms with Crippen LogP contribution in [0.1, 0.15) is 24.8 Å². The lowest BCUT2D eigenvalue weighted by Gasteiger charge is -2.30. The van der Waals surface area contributed by atoms with E-state index in [0.29, 0.717) is 0 Å². The van der Waals surface area contributed by atoms with Crippen LogP contribution in [0.2, 0.25) is 0 Å². The summed E-state index contributed by atoms with van der Waals surface area (Å²) in [6.45, 7) is 7.21. The van der Waals surface area contributed by atoms with Gasteiger partial charge in [-0.1, -0.05) is 15.9 Å². The summed E-state index contributed by atoms with van der Waals surface area (Å²) in [4.78, 5) is 3.76. The van der Waals surface area contributed by atoms with E-state index in [1.165, 1.54) is 12.0 Å². The fourth-order valence-electron chi connectivity index (χ4n) is 1.74. The molecular formula is C11H10BrN. The van der Waals surface area contributed by atoms with E-state index in [4.69, 9.17) is 6.57 Å². The molecular weight excluding hydrogens is 226 g/mol. The summed E-state index contributed by atoms with van der Waals surface area (Å²) in [5.41, 5.74) is 0.998. The molecule has 0 amide bonds. The summed E-state index contributed by atoms with van der Waals surface area (Å²) < 4.78 is 1.08. The zero-order chi connectivity index (χ0) is 9.31. The zero-order valence-corrected chi connectivity index (χ0v) is 8.84. The summed E-state index contributed by atoms with van der Waals surface area (Å²) in [5, 5.41) is 0. The van der Waals surface area contributed by atoms with E-state index in [0.717, 1.165) is 17.3 Å². The molecule has 0 aromatic heterocycles. The van der Waals surface area contributed by atoms with Crippen molar-refractivity contribution in [1.29, 1.82) is 0 Å². The molecule has 0 bridgehead atoms. The van der Waals surface area contributed by atoms with Crippen LogP contribution >= 0.6 is 15.9 Å². The predicted molar refractivity (Wildman–Crippen MR) is 56.3 cm³/mol. The maximum Gasteiger partial charge on any atom is 0.257 e. The van der Waals surface area contributed by atoms with Gasteiger partial charge in [-0.15, -0.1) is 0 Å². The normalized spacial score (nSPS) is 18.8. The summed E-state index contributed by atoms with van der Waals surface area (Å²) in [6, 6.07) is 8.14. The van der Waals surface area contributed by atoms with E-state index in [-0.39, 0.29) is 5.54 Å². The summed E-state index contributed by atoms with van der Waals surface area (Å²) in [6.07, 6.45) is 3.24. The quantitative estimate of drug-likeness (QED) is 0.654. The minimum Gasteiger partial charge on any atom is -0.305 e. The highest BCUT2D eigenvalue weighted by Gasteiger charge is 2.45. The second-order valence-corrected chi connectivity index (χ2v) is 4.42. The molecule has 0 radical (unpaired) electrons. The average molecular weight is 236 g/mol. The second kappa shape index (κ2) is 3.16. The standard InChI is InChI=1S/C11H10BrN/c1-13-11(7-2-8-11)9-3-5-10(12)6-4-9/h3-6H,2,7-8H2. The molecule has 1 nitrogen and oxygen atoms in total. The third-order valence-electron chi connectivity index (χ3n) is 2.78.